The van der Waals surface area contributed by atoms with Crippen molar-refractivity contribution in [1.29, 1.82) is 0 Å². The van der Waals surface area contributed by atoms with Crippen LogP contribution < -0.4 is 5.73 Å². The third-order valence-electron chi connectivity index (χ3n) is 2.76. The maximum Gasteiger partial charge on any atom is 0.147 e. The summed E-state index contributed by atoms with van der Waals surface area (Å²) < 4.78 is 23.9. The molecule has 0 aliphatic heterocycles. The molecule has 0 aliphatic rings. The van der Waals surface area contributed by atoms with Crippen LogP contribution >= 0.6 is 0 Å². The normalized spacial score (nSPS) is 13.6. The Kier molecular flexibility index (Phi) is 3.72. The third kappa shape index (κ3) is 3.65. The van der Waals surface area contributed by atoms with Gasteiger partial charge in [0.1, 0.15) is 15.7 Å². The summed E-state index contributed by atoms with van der Waals surface area (Å²) in [5, 5.41) is 4.07. The number of H-pyrrole nitrogens is 1. The summed E-state index contributed by atoms with van der Waals surface area (Å²) in [6, 6.07) is -0.417. The Bertz CT molecular complexity index is 658. The topological polar surface area (TPSA) is 107 Å². The van der Waals surface area contributed by atoms with Gasteiger partial charge in [-0.15, -0.1) is 0 Å². The van der Waals surface area contributed by atoms with E-state index in [4.69, 9.17) is 5.73 Å². The number of aromatic amines is 1. The molecule has 2 heterocycles. The molecule has 2 aromatic rings. The van der Waals surface area contributed by atoms with Crippen molar-refractivity contribution < 1.29 is 8.42 Å². The monoisotopic (exact) mass is 283 g/mol. The highest BCUT2D eigenvalue weighted by Crippen LogP contribution is 2.19. The molecule has 19 heavy (non-hydrogen) atoms. The van der Waals surface area contributed by atoms with Gasteiger partial charge in [0.15, 0.2) is 0 Å². The van der Waals surface area contributed by atoms with Crippen LogP contribution in [-0.2, 0) is 16.9 Å². The number of sulfone groups is 1. The molecule has 0 aromatic carbocycles. The van der Waals surface area contributed by atoms with E-state index in [0.29, 0.717) is 12.2 Å². The molecule has 1 unspecified atom stereocenters. The van der Waals surface area contributed by atoms with Gasteiger partial charge in [-0.05, 0) is 6.42 Å². The number of aryl methyl sites for hydroxylation is 1. The molecule has 0 fully saturated rings. The second-order valence-electron chi connectivity index (χ2n) is 4.61. The van der Waals surface area contributed by atoms with E-state index in [9.17, 15) is 8.42 Å². The highest BCUT2D eigenvalue weighted by Gasteiger charge is 2.14. The van der Waals surface area contributed by atoms with Crippen molar-refractivity contribution in [2.75, 3.05) is 12.0 Å². The summed E-state index contributed by atoms with van der Waals surface area (Å²) in [6.45, 7) is 0. The van der Waals surface area contributed by atoms with Crippen molar-refractivity contribution in [3.05, 3.63) is 24.4 Å². The van der Waals surface area contributed by atoms with Crippen LogP contribution in [0.4, 0.5) is 0 Å². The number of nitrogens with one attached hydrogen (secondary N) is 1. The molecule has 0 saturated carbocycles. The van der Waals surface area contributed by atoms with Crippen LogP contribution in [0.15, 0.2) is 18.6 Å². The van der Waals surface area contributed by atoms with Crippen LogP contribution in [0.5, 0.6) is 0 Å². The van der Waals surface area contributed by atoms with Gasteiger partial charge in [0, 0.05) is 25.1 Å². The molecule has 2 aromatic heterocycles. The molecular formula is C11H17N5O2S. The van der Waals surface area contributed by atoms with Gasteiger partial charge in [-0.25, -0.2) is 13.4 Å². The summed E-state index contributed by atoms with van der Waals surface area (Å²) in [6.07, 6.45) is 6.80. The Morgan fingerprint density at radius 1 is 1.47 bits per heavy atom. The van der Waals surface area contributed by atoms with Crippen LogP contribution in [0.2, 0.25) is 0 Å². The van der Waals surface area contributed by atoms with Gasteiger partial charge < -0.3 is 10.7 Å². The largest absolute Gasteiger partial charge is 0.341 e. The fraction of sp³-hybridized carbons (Fsp3) is 0.455. The van der Waals surface area contributed by atoms with Gasteiger partial charge in [0.25, 0.3) is 0 Å². The van der Waals surface area contributed by atoms with Crippen molar-refractivity contribution in [2.45, 2.75) is 12.5 Å². The minimum atomic E-state index is -3.00. The lowest BCUT2D eigenvalue weighted by Gasteiger charge is -2.07. The average Bonchev–Trinajstić information content (AvgIpc) is 2.93. The lowest BCUT2D eigenvalue weighted by Crippen LogP contribution is -2.16. The van der Waals surface area contributed by atoms with E-state index in [1.807, 2.05) is 13.2 Å². The summed E-state index contributed by atoms with van der Waals surface area (Å²) >= 11 is 0. The van der Waals surface area contributed by atoms with E-state index >= 15 is 0 Å². The number of imidazole rings is 1. The van der Waals surface area contributed by atoms with E-state index < -0.39 is 15.9 Å². The van der Waals surface area contributed by atoms with E-state index in [1.54, 1.807) is 17.1 Å². The zero-order valence-electron chi connectivity index (χ0n) is 10.9. The van der Waals surface area contributed by atoms with E-state index in [0.717, 1.165) is 11.3 Å². The quantitative estimate of drug-likeness (QED) is 0.817. The van der Waals surface area contributed by atoms with Gasteiger partial charge in [-0.3, -0.25) is 4.68 Å². The molecule has 8 heteroatoms. The lowest BCUT2D eigenvalue weighted by atomic mass is 10.2. The molecule has 0 saturated heterocycles. The molecular weight excluding hydrogens is 266 g/mol. The summed E-state index contributed by atoms with van der Waals surface area (Å²) in [5.74, 6) is 0.638. The lowest BCUT2D eigenvalue weighted by molar-refractivity contribution is 0.588. The molecule has 3 N–H and O–H groups in total. The predicted octanol–water partition coefficient (Wildman–Crippen LogP) is 0.245. The van der Waals surface area contributed by atoms with Crippen molar-refractivity contribution in [3.63, 3.8) is 0 Å². The van der Waals surface area contributed by atoms with Crippen molar-refractivity contribution in [2.24, 2.45) is 12.8 Å². The Morgan fingerprint density at radius 3 is 2.79 bits per heavy atom. The van der Waals surface area contributed by atoms with Crippen LogP contribution in [-0.4, -0.2) is 40.2 Å². The highest BCUT2D eigenvalue weighted by molar-refractivity contribution is 7.90. The first kappa shape index (κ1) is 13.8. The average molecular weight is 283 g/mol. The SMILES string of the molecule is Cn1cc(-c2cnc(C(N)CCS(C)(=O)=O)[nH]2)cn1. The van der Waals surface area contributed by atoms with Gasteiger partial charge >= 0.3 is 0 Å². The summed E-state index contributed by atoms with van der Waals surface area (Å²) in [7, 11) is -1.17. The molecule has 0 spiro atoms. The molecule has 0 aliphatic carbocycles. The van der Waals surface area contributed by atoms with E-state index in [-0.39, 0.29) is 5.75 Å². The Balaban J connectivity index is 2.08. The number of rotatable bonds is 5. The standard InChI is InChI=1S/C11H17N5O2S/c1-16-7-8(5-14-16)10-6-13-11(15-10)9(12)3-4-19(2,17)18/h5-7,9H,3-4,12H2,1-2H3,(H,13,15). The highest BCUT2D eigenvalue weighted by atomic mass is 32.2. The van der Waals surface area contributed by atoms with E-state index in [2.05, 4.69) is 15.1 Å². The van der Waals surface area contributed by atoms with Crippen molar-refractivity contribution >= 4 is 9.84 Å². The molecule has 0 bridgehead atoms. The molecule has 7 nitrogen and oxygen atoms in total. The van der Waals surface area contributed by atoms with Crippen molar-refractivity contribution in [3.8, 4) is 11.3 Å². The smallest absolute Gasteiger partial charge is 0.147 e. The number of hydrogen-bond acceptors (Lipinski definition) is 5. The predicted molar refractivity (Wildman–Crippen MR) is 72.0 cm³/mol. The van der Waals surface area contributed by atoms with Gasteiger partial charge in [0.05, 0.1) is 29.9 Å². The molecule has 2 rings (SSSR count). The second-order valence-corrected chi connectivity index (χ2v) is 6.87. The second kappa shape index (κ2) is 5.14. The molecule has 0 amide bonds. The third-order valence-corrected chi connectivity index (χ3v) is 3.74. The fourth-order valence-electron chi connectivity index (χ4n) is 1.71. The summed E-state index contributed by atoms with van der Waals surface area (Å²) in [5.41, 5.74) is 7.65. The van der Waals surface area contributed by atoms with Gasteiger partial charge in [0.2, 0.25) is 0 Å². The van der Waals surface area contributed by atoms with E-state index in [1.165, 1.54) is 6.26 Å². The molecule has 104 valence electrons. The first-order chi connectivity index (χ1) is 8.85. The van der Waals surface area contributed by atoms with Crippen molar-refractivity contribution in [1.82, 2.24) is 19.7 Å². The van der Waals surface area contributed by atoms with Crippen LogP contribution in [0.25, 0.3) is 11.3 Å². The number of nitrogens with zero attached hydrogens (tertiary/aromatic N) is 3. The van der Waals surface area contributed by atoms with Crippen LogP contribution in [0, 0.1) is 0 Å². The summed E-state index contributed by atoms with van der Waals surface area (Å²) in [4.78, 5) is 7.28. The zero-order valence-corrected chi connectivity index (χ0v) is 11.7. The minimum absolute atomic E-state index is 0.0527. The molecule has 0 radical (unpaired) electrons. The van der Waals surface area contributed by atoms with Gasteiger partial charge in [-0.2, -0.15) is 5.10 Å². The number of nitrogens with two attached hydrogens (primary N) is 1. The molecule has 1 atom stereocenters. The maximum atomic E-state index is 11.1. The van der Waals surface area contributed by atoms with Crippen LogP contribution in [0.3, 0.4) is 0 Å². The zero-order chi connectivity index (χ0) is 14.0. The fourth-order valence-corrected chi connectivity index (χ4v) is 2.39. The first-order valence-electron chi connectivity index (χ1n) is 5.82. The Morgan fingerprint density at radius 2 is 2.21 bits per heavy atom. The Hall–Kier alpha value is -1.67. The number of aromatic nitrogens is 4. The minimum Gasteiger partial charge on any atom is -0.341 e. The van der Waals surface area contributed by atoms with Crippen LogP contribution in [0.1, 0.15) is 18.3 Å². The number of hydrogen-bond donors (Lipinski definition) is 2. The Labute approximate surface area is 111 Å². The first-order valence-corrected chi connectivity index (χ1v) is 7.88. The van der Waals surface area contributed by atoms with Gasteiger partial charge in [-0.1, -0.05) is 0 Å². The maximum absolute atomic E-state index is 11.1.